The van der Waals surface area contributed by atoms with Gasteiger partial charge < -0.3 is 10.2 Å². The normalized spacial score (nSPS) is 9.18. The summed E-state index contributed by atoms with van der Waals surface area (Å²) >= 11 is 0. The summed E-state index contributed by atoms with van der Waals surface area (Å²) in [6.07, 6.45) is 1.28. The van der Waals surface area contributed by atoms with E-state index in [0.29, 0.717) is 11.5 Å². The predicted molar refractivity (Wildman–Crippen MR) is 37.2 cm³/mol. The summed E-state index contributed by atoms with van der Waals surface area (Å²) in [5.74, 6) is 0.567. The number of nitrogens with two attached hydrogens (primary N) is 1. The second-order valence-corrected chi connectivity index (χ2v) is 1.82. The summed E-state index contributed by atoms with van der Waals surface area (Å²) in [7, 11) is 0. The Morgan fingerprint density at radius 1 is 1.82 bits per heavy atom. The zero-order chi connectivity index (χ0) is 8.10. The van der Waals surface area contributed by atoms with E-state index in [4.69, 9.17) is 15.7 Å². The second kappa shape index (κ2) is 3.60. The lowest BCUT2D eigenvalue weighted by atomic mass is 10.3. The van der Waals surface area contributed by atoms with Gasteiger partial charge in [0.25, 0.3) is 0 Å². The van der Waals surface area contributed by atoms with Gasteiger partial charge in [-0.2, -0.15) is 0 Å². The van der Waals surface area contributed by atoms with Gasteiger partial charge in [0.2, 0.25) is 0 Å². The third kappa shape index (κ3) is 1.70. The van der Waals surface area contributed by atoms with Crippen LogP contribution in [0.5, 0.6) is 0 Å². The highest BCUT2D eigenvalue weighted by Crippen LogP contribution is 2.06. The fourth-order valence-corrected chi connectivity index (χ4v) is 0.687. The molecule has 0 atom stereocenters. The lowest BCUT2D eigenvalue weighted by Crippen LogP contribution is -1.98. The van der Waals surface area contributed by atoms with Crippen molar-refractivity contribution in [3.05, 3.63) is 28.3 Å². The quantitative estimate of drug-likeness (QED) is 0.397. The summed E-state index contributed by atoms with van der Waals surface area (Å²) in [4.78, 5) is 6.40. The lowest BCUT2D eigenvalue weighted by molar-refractivity contribution is 0.503. The first kappa shape index (κ1) is 7.59. The minimum absolute atomic E-state index is 0.194. The Labute approximate surface area is 62.6 Å². The Hall–Kier alpha value is -1.52. The number of nitrogens with zero attached hydrogens (tertiary/aromatic N) is 4. The van der Waals surface area contributed by atoms with Crippen molar-refractivity contribution in [1.29, 1.82) is 0 Å². The van der Waals surface area contributed by atoms with Crippen LogP contribution in [0.4, 0.5) is 0 Å². The highest BCUT2D eigenvalue weighted by molar-refractivity contribution is 5.06. The fourth-order valence-electron chi connectivity index (χ4n) is 0.687. The minimum Gasteiger partial charge on any atom is -0.447 e. The Kier molecular flexibility index (Phi) is 2.48. The van der Waals surface area contributed by atoms with E-state index in [0.717, 1.165) is 0 Å². The molecule has 1 heterocycles. The van der Waals surface area contributed by atoms with Crippen molar-refractivity contribution in [1.82, 2.24) is 4.98 Å². The molecule has 0 aliphatic rings. The van der Waals surface area contributed by atoms with E-state index >= 15 is 0 Å². The Bertz CT molecular complexity index is 274. The van der Waals surface area contributed by atoms with Crippen LogP contribution in [0.3, 0.4) is 0 Å². The Morgan fingerprint density at radius 2 is 2.64 bits per heavy atom. The zero-order valence-corrected chi connectivity index (χ0v) is 5.77. The second-order valence-electron chi connectivity index (χ2n) is 1.82. The number of aromatic nitrogens is 1. The van der Waals surface area contributed by atoms with Crippen molar-refractivity contribution in [3.8, 4) is 0 Å². The number of hydrogen-bond donors (Lipinski definition) is 1. The minimum atomic E-state index is 0.194. The molecule has 0 fully saturated rings. The van der Waals surface area contributed by atoms with E-state index < -0.39 is 0 Å². The van der Waals surface area contributed by atoms with Crippen LogP contribution in [-0.4, -0.2) is 4.98 Å². The molecule has 0 bridgehead atoms. The lowest BCUT2D eigenvalue weighted by Gasteiger charge is -1.90. The van der Waals surface area contributed by atoms with Crippen LogP contribution in [0.25, 0.3) is 10.4 Å². The summed E-state index contributed by atoms with van der Waals surface area (Å²) in [5.41, 5.74) is 13.9. The molecule has 1 rings (SSSR count). The van der Waals surface area contributed by atoms with Crippen LogP contribution < -0.4 is 5.73 Å². The molecule has 0 aliphatic carbocycles. The topological polar surface area (TPSA) is 101 Å². The first-order valence-electron chi connectivity index (χ1n) is 3.00. The average Bonchev–Trinajstić information content (AvgIpc) is 2.47. The maximum absolute atomic E-state index is 8.00. The third-order valence-corrected chi connectivity index (χ3v) is 1.19. The molecule has 0 radical (unpaired) electrons. The van der Waals surface area contributed by atoms with Gasteiger partial charge in [0.1, 0.15) is 5.76 Å². The van der Waals surface area contributed by atoms with E-state index in [1.807, 2.05) is 0 Å². The van der Waals surface area contributed by atoms with Crippen LogP contribution in [0.15, 0.2) is 15.9 Å². The van der Waals surface area contributed by atoms with Gasteiger partial charge in [-0.1, -0.05) is 5.11 Å². The molecule has 0 saturated carbocycles. The van der Waals surface area contributed by atoms with Crippen LogP contribution in [0, 0.1) is 0 Å². The van der Waals surface area contributed by atoms with Crippen molar-refractivity contribution in [2.24, 2.45) is 10.8 Å². The molecule has 1 aromatic rings. The van der Waals surface area contributed by atoms with E-state index in [1.165, 1.54) is 6.39 Å². The number of rotatable bonds is 3. The first-order valence-corrected chi connectivity index (χ1v) is 3.00. The highest BCUT2D eigenvalue weighted by Gasteiger charge is 2.03. The van der Waals surface area contributed by atoms with Gasteiger partial charge in [-0.25, -0.2) is 4.98 Å². The van der Waals surface area contributed by atoms with Gasteiger partial charge in [-0.3, -0.25) is 0 Å². The Morgan fingerprint density at radius 3 is 3.27 bits per heavy atom. The predicted octanol–water partition coefficient (Wildman–Crippen LogP) is 0.944. The van der Waals surface area contributed by atoms with E-state index in [9.17, 15) is 0 Å². The molecular formula is C5H7N5O. The van der Waals surface area contributed by atoms with Gasteiger partial charge in [0, 0.05) is 4.91 Å². The van der Waals surface area contributed by atoms with Crippen molar-refractivity contribution in [2.45, 2.75) is 13.1 Å². The average molecular weight is 153 g/mol. The van der Waals surface area contributed by atoms with Gasteiger partial charge in [-0.05, 0) is 5.53 Å². The van der Waals surface area contributed by atoms with Crippen molar-refractivity contribution < 1.29 is 4.42 Å². The molecule has 0 amide bonds. The van der Waals surface area contributed by atoms with Crippen LogP contribution in [0.1, 0.15) is 11.5 Å². The maximum atomic E-state index is 8.00. The molecular weight excluding hydrogens is 146 g/mol. The zero-order valence-electron chi connectivity index (χ0n) is 5.77. The van der Waals surface area contributed by atoms with Gasteiger partial charge in [-0.15, -0.1) is 0 Å². The molecule has 6 heteroatoms. The van der Waals surface area contributed by atoms with Crippen molar-refractivity contribution in [3.63, 3.8) is 0 Å². The maximum Gasteiger partial charge on any atom is 0.181 e. The van der Waals surface area contributed by atoms with Crippen molar-refractivity contribution >= 4 is 0 Å². The van der Waals surface area contributed by atoms with Gasteiger partial charge in [0.05, 0.1) is 18.8 Å². The van der Waals surface area contributed by atoms with Gasteiger partial charge in [0.15, 0.2) is 6.39 Å². The summed E-state index contributed by atoms with van der Waals surface area (Å²) in [6, 6.07) is 0. The molecule has 58 valence electrons. The monoisotopic (exact) mass is 153 g/mol. The summed E-state index contributed by atoms with van der Waals surface area (Å²) in [6.45, 7) is 0.468. The molecule has 0 aliphatic heterocycles. The molecule has 0 spiro atoms. The number of oxazole rings is 1. The largest absolute Gasteiger partial charge is 0.447 e. The molecule has 0 saturated heterocycles. The van der Waals surface area contributed by atoms with Crippen LogP contribution in [0.2, 0.25) is 0 Å². The molecule has 0 unspecified atom stereocenters. The van der Waals surface area contributed by atoms with Crippen LogP contribution in [-0.2, 0) is 13.1 Å². The smallest absolute Gasteiger partial charge is 0.181 e. The molecule has 6 nitrogen and oxygen atoms in total. The first-order chi connectivity index (χ1) is 5.38. The highest BCUT2D eigenvalue weighted by atomic mass is 16.3. The van der Waals surface area contributed by atoms with E-state index in [1.54, 1.807) is 0 Å². The number of hydrogen-bond acceptors (Lipinski definition) is 4. The van der Waals surface area contributed by atoms with Gasteiger partial charge >= 0.3 is 0 Å². The SMILES string of the molecule is [N-]=[N+]=NCc1ncoc1CN. The molecule has 1 aromatic heterocycles. The summed E-state index contributed by atoms with van der Waals surface area (Å²) < 4.78 is 4.89. The molecule has 11 heavy (non-hydrogen) atoms. The third-order valence-electron chi connectivity index (χ3n) is 1.19. The van der Waals surface area contributed by atoms with Crippen LogP contribution >= 0.6 is 0 Å². The van der Waals surface area contributed by atoms with E-state index in [-0.39, 0.29) is 13.1 Å². The fraction of sp³-hybridized carbons (Fsp3) is 0.400. The standard InChI is InChI=1S/C5H7N5O/c6-1-5-4(2-9-10-7)8-3-11-5/h3H,1-2,6H2. The summed E-state index contributed by atoms with van der Waals surface area (Å²) in [5, 5.41) is 3.33. The molecule has 0 aromatic carbocycles. The molecule has 2 N–H and O–H groups in total. The van der Waals surface area contributed by atoms with Crippen molar-refractivity contribution in [2.75, 3.05) is 0 Å². The number of azide groups is 1. The van der Waals surface area contributed by atoms with E-state index in [2.05, 4.69) is 15.0 Å². The Balaban J connectivity index is 2.75.